The van der Waals surface area contributed by atoms with Crippen LogP contribution in [-0.2, 0) is 11.3 Å². The number of benzene rings is 1. The van der Waals surface area contributed by atoms with Gasteiger partial charge in [0.15, 0.2) is 0 Å². The molecule has 0 saturated carbocycles. The topological polar surface area (TPSA) is 49.9 Å². The van der Waals surface area contributed by atoms with Gasteiger partial charge in [-0.15, -0.1) is 0 Å². The van der Waals surface area contributed by atoms with Crippen LogP contribution in [0.3, 0.4) is 0 Å². The summed E-state index contributed by atoms with van der Waals surface area (Å²) in [5.41, 5.74) is 1.51. The summed E-state index contributed by atoms with van der Waals surface area (Å²) < 4.78 is 19.6. The van der Waals surface area contributed by atoms with Crippen LogP contribution < -0.4 is 5.32 Å². The molecule has 2 aromatic rings. The van der Waals surface area contributed by atoms with Crippen LogP contribution >= 0.6 is 11.6 Å². The maximum Gasteiger partial charge on any atom is 0.129 e. The van der Waals surface area contributed by atoms with Gasteiger partial charge in [-0.1, -0.05) is 17.7 Å². The number of aromatic nitrogens is 2. The van der Waals surface area contributed by atoms with Crippen LogP contribution in [0, 0.1) is 11.7 Å². The third-order valence-electron chi connectivity index (χ3n) is 4.04. The summed E-state index contributed by atoms with van der Waals surface area (Å²) in [5.74, 6) is 0.0600. The van der Waals surface area contributed by atoms with Gasteiger partial charge < -0.3 is 10.1 Å². The number of nitrogens with one attached hydrogen (secondary N) is 2. The summed E-state index contributed by atoms with van der Waals surface area (Å²) in [5, 5.41) is 10.7. The molecule has 0 aliphatic carbocycles. The van der Waals surface area contributed by atoms with Crippen molar-refractivity contribution in [1.29, 1.82) is 0 Å². The molecule has 0 radical (unpaired) electrons. The molecule has 1 saturated heterocycles. The largest absolute Gasteiger partial charge is 0.372 e. The van der Waals surface area contributed by atoms with Gasteiger partial charge in [-0.2, -0.15) is 5.10 Å². The Bertz CT molecular complexity index is 585. The van der Waals surface area contributed by atoms with E-state index in [1.165, 1.54) is 6.07 Å². The zero-order valence-corrected chi connectivity index (χ0v) is 12.9. The molecular formula is C16H19ClFN3O. The number of nitrogens with zero attached hydrogens (tertiary/aromatic N) is 1. The maximum absolute atomic E-state index is 13.8. The van der Waals surface area contributed by atoms with Gasteiger partial charge in [0.05, 0.1) is 5.69 Å². The molecule has 4 nitrogen and oxygen atoms in total. The second kappa shape index (κ2) is 7.22. The Labute approximate surface area is 134 Å². The fraction of sp³-hybridized carbons (Fsp3) is 0.438. The lowest BCUT2D eigenvalue weighted by Crippen LogP contribution is -2.32. The number of hydrogen-bond acceptors (Lipinski definition) is 3. The highest BCUT2D eigenvalue weighted by atomic mass is 35.5. The van der Waals surface area contributed by atoms with Crippen molar-refractivity contribution < 1.29 is 9.13 Å². The highest BCUT2D eigenvalue weighted by Gasteiger charge is 2.28. The summed E-state index contributed by atoms with van der Waals surface area (Å²) in [6.45, 7) is 1.92. The van der Waals surface area contributed by atoms with Crippen LogP contribution in [-0.4, -0.2) is 23.3 Å². The van der Waals surface area contributed by atoms with Crippen molar-refractivity contribution in [2.75, 3.05) is 13.2 Å². The molecule has 1 fully saturated rings. The zero-order chi connectivity index (χ0) is 15.4. The summed E-state index contributed by atoms with van der Waals surface area (Å²) in [4.78, 5) is 0. The van der Waals surface area contributed by atoms with Crippen molar-refractivity contribution in [1.82, 2.24) is 15.5 Å². The van der Waals surface area contributed by atoms with Gasteiger partial charge in [0.2, 0.25) is 0 Å². The van der Waals surface area contributed by atoms with E-state index in [0.29, 0.717) is 23.0 Å². The minimum absolute atomic E-state index is 0.0137. The SMILES string of the molecule is Fc1cccc(Cl)c1CNC[C@@H]1CCCO[C@H]1c1ccn[nH]1. The zero-order valence-electron chi connectivity index (χ0n) is 12.2. The Kier molecular flexibility index (Phi) is 5.08. The first kappa shape index (κ1) is 15.5. The van der Waals surface area contributed by atoms with Crippen molar-refractivity contribution in [3.8, 4) is 0 Å². The summed E-state index contributed by atoms with van der Waals surface area (Å²) in [6.07, 6.45) is 3.86. The summed E-state index contributed by atoms with van der Waals surface area (Å²) in [7, 11) is 0. The Hall–Kier alpha value is -1.43. The molecule has 1 aromatic heterocycles. The van der Waals surface area contributed by atoms with Crippen LogP contribution in [0.1, 0.15) is 30.2 Å². The molecule has 1 aliphatic rings. The highest BCUT2D eigenvalue weighted by molar-refractivity contribution is 6.31. The van der Waals surface area contributed by atoms with Crippen molar-refractivity contribution >= 4 is 11.6 Å². The molecule has 0 bridgehead atoms. The van der Waals surface area contributed by atoms with Gasteiger partial charge in [-0.3, -0.25) is 5.10 Å². The molecule has 2 atom stereocenters. The van der Waals surface area contributed by atoms with Crippen LogP contribution in [0.5, 0.6) is 0 Å². The highest BCUT2D eigenvalue weighted by Crippen LogP contribution is 2.32. The second-order valence-corrected chi connectivity index (χ2v) is 5.94. The molecular weight excluding hydrogens is 305 g/mol. The number of halogens is 2. The molecule has 1 aromatic carbocycles. The van der Waals surface area contributed by atoms with Crippen LogP contribution in [0.25, 0.3) is 0 Å². The molecule has 2 heterocycles. The van der Waals surface area contributed by atoms with E-state index in [1.807, 2.05) is 6.07 Å². The molecule has 22 heavy (non-hydrogen) atoms. The van der Waals surface area contributed by atoms with E-state index in [-0.39, 0.29) is 11.9 Å². The van der Waals surface area contributed by atoms with E-state index in [0.717, 1.165) is 31.7 Å². The molecule has 1 aliphatic heterocycles. The van der Waals surface area contributed by atoms with Gasteiger partial charge in [-0.25, -0.2) is 4.39 Å². The molecule has 2 N–H and O–H groups in total. The van der Waals surface area contributed by atoms with Gasteiger partial charge in [0.25, 0.3) is 0 Å². The first-order valence-electron chi connectivity index (χ1n) is 7.50. The van der Waals surface area contributed by atoms with Crippen LogP contribution in [0.15, 0.2) is 30.5 Å². The van der Waals surface area contributed by atoms with Gasteiger partial charge >= 0.3 is 0 Å². The maximum atomic E-state index is 13.8. The third kappa shape index (κ3) is 3.48. The number of hydrogen-bond donors (Lipinski definition) is 2. The van der Waals surface area contributed by atoms with Gasteiger partial charge in [0.1, 0.15) is 11.9 Å². The predicted molar refractivity (Wildman–Crippen MR) is 83.1 cm³/mol. The predicted octanol–water partition coefficient (Wildman–Crippen LogP) is 3.46. The molecule has 0 unspecified atom stereocenters. The van der Waals surface area contributed by atoms with Gasteiger partial charge in [-0.05, 0) is 31.0 Å². The first-order valence-corrected chi connectivity index (χ1v) is 7.88. The Morgan fingerprint density at radius 3 is 3.09 bits per heavy atom. The van der Waals surface area contributed by atoms with Crippen LogP contribution in [0.4, 0.5) is 4.39 Å². The summed E-state index contributed by atoms with van der Waals surface area (Å²) >= 11 is 6.04. The Morgan fingerprint density at radius 2 is 2.32 bits per heavy atom. The molecule has 0 amide bonds. The monoisotopic (exact) mass is 323 g/mol. The lowest BCUT2D eigenvalue weighted by molar-refractivity contribution is -0.0303. The van der Waals surface area contributed by atoms with E-state index in [2.05, 4.69) is 15.5 Å². The van der Waals surface area contributed by atoms with Crippen molar-refractivity contribution in [2.24, 2.45) is 5.92 Å². The Balaban J connectivity index is 1.60. The van der Waals surface area contributed by atoms with E-state index in [1.54, 1.807) is 18.3 Å². The van der Waals surface area contributed by atoms with E-state index in [4.69, 9.17) is 16.3 Å². The molecule has 3 rings (SSSR count). The van der Waals surface area contributed by atoms with Crippen molar-refractivity contribution in [3.05, 3.63) is 52.6 Å². The van der Waals surface area contributed by atoms with Crippen molar-refractivity contribution in [3.63, 3.8) is 0 Å². The standard InChI is InChI=1S/C16H19ClFN3O/c17-13-4-1-5-14(18)12(13)10-19-9-11-3-2-8-22-16(11)15-6-7-20-21-15/h1,4-7,11,16,19H,2-3,8-10H2,(H,20,21)/t11-,16+/m0/s1. The fourth-order valence-corrected chi connectivity index (χ4v) is 3.13. The van der Waals surface area contributed by atoms with E-state index >= 15 is 0 Å². The van der Waals surface area contributed by atoms with Gasteiger partial charge in [0, 0.05) is 42.4 Å². The number of ether oxygens (including phenoxy) is 1. The van der Waals surface area contributed by atoms with E-state index < -0.39 is 0 Å². The molecule has 6 heteroatoms. The minimum Gasteiger partial charge on any atom is -0.372 e. The average Bonchev–Trinajstić information content (AvgIpc) is 3.05. The minimum atomic E-state index is -0.273. The second-order valence-electron chi connectivity index (χ2n) is 5.54. The smallest absolute Gasteiger partial charge is 0.129 e. The number of rotatable bonds is 5. The van der Waals surface area contributed by atoms with Crippen LogP contribution in [0.2, 0.25) is 5.02 Å². The fourth-order valence-electron chi connectivity index (χ4n) is 2.90. The number of H-pyrrole nitrogens is 1. The lowest BCUT2D eigenvalue weighted by Gasteiger charge is -2.31. The quantitative estimate of drug-likeness (QED) is 0.886. The number of aromatic amines is 1. The molecule has 0 spiro atoms. The summed E-state index contributed by atoms with van der Waals surface area (Å²) in [6, 6.07) is 6.69. The third-order valence-corrected chi connectivity index (χ3v) is 4.40. The normalized spacial score (nSPS) is 21.9. The first-order chi connectivity index (χ1) is 10.8. The van der Waals surface area contributed by atoms with E-state index in [9.17, 15) is 4.39 Å². The lowest BCUT2D eigenvalue weighted by atomic mass is 9.92. The Morgan fingerprint density at radius 1 is 1.41 bits per heavy atom. The molecule has 118 valence electrons. The average molecular weight is 324 g/mol. The van der Waals surface area contributed by atoms with Crippen molar-refractivity contribution in [2.45, 2.75) is 25.5 Å².